The maximum atomic E-state index is 14.4. The summed E-state index contributed by atoms with van der Waals surface area (Å²) in [5.74, 6) is -1.25. The van der Waals surface area contributed by atoms with Gasteiger partial charge in [0.15, 0.2) is 0 Å². The molecule has 154 valence electrons. The van der Waals surface area contributed by atoms with Crippen molar-refractivity contribution in [2.75, 3.05) is 13.2 Å². The molecule has 2 aromatic carbocycles. The first-order valence-electron chi connectivity index (χ1n) is 9.13. The van der Waals surface area contributed by atoms with E-state index in [0.717, 1.165) is 35.5 Å². The molecule has 2 amide bonds. The molecule has 1 unspecified atom stereocenters. The van der Waals surface area contributed by atoms with E-state index < -0.39 is 22.5 Å². The number of rotatable bonds is 7. The second-order valence-corrected chi connectivity index (χ2v) is 7.53. The smallest absolute Gasteiger partial charge is 0.363 e. The fourth-order valence-corrected chi connectivity index (χ4v) is 4.47. The molecule has 2 N–H and O–H groups in total. The van der Waals surface area contributed by atoms with Crippen LogP contribution in [0.3, 0.4) is 0 Å². The third kappa shape index (κ3) is 4.42. The normalized spacial score (nSPS) is 18.6. The zero-order chi connectivity index (χ0) is 20.9. The molecule has 0 fully saturated rings. The van der Waals surface area contributed by atoms with Gasteiger partial charge in [-0.05, 0) is 43.5 Å². The molecular weight excluding hydrogens is 400 g/mol. The number of benzene rings is 2. The fraction of sp³-hybridized carbons (Fsp3) is 0.300. The molecule has 2 aromatic rings. The molecule has 0 radical (unpaired) electrons. The first kappa shape index (κ1) is 21.2. The van der Waals surface area contributed by atoms with E-state index in [4.69, 9.17) is 4.84 Å². The number of thioether (sulfide) groups is 1. The number of hydrogen-bond acceptors (Lipinski definition) is 5. The summed E-state index contributed by atoms with van der Waals surface area (Å²) in [4.78, 5) is 16.8. The molecule has 1 heterocycles. The maximum Gasteiger partial charge on any atom is 0.363 e. The van der Waals surface area contributed by atoms with Crippen LogP contribution < -0.4 is 5.48 Å². The number of nitrogens with one attached hydrogen (secondary N) is 1. The number of aliphatic hydroxyl groups excluding tert-OH is 1. The molecule has 3 rings (SSSR count). The van der Waals surface area contributed by atoms with Crippen LogP contribution in [0.2, 0.25) is 0 Å². The topological polar surface area (TPSA) is 74.2 Å². The Kier molecular flexibility index (Phi) is 6.83. The van der Waals surface area contributed by atoms with Gasteiger partial charge in [0.25, 0.3) is 0 Å². The summed E-state index contributed by atoms with van der Waals surface area (Å²) in [6, 6.07) is 11.6. The lowest BCUT2D eigenvalue weighted by molar-refractivity contribution is 0.0459. The zero-order valence-electron chi connectivity index (χ0n) is 15.8. The Balaban J connectivity index is 2.10. The molecule has 0 aromatic heterocycles. The van der Waals surface area contributed by atoms with Gasteiger partial charge in [-0.3, -0.25) is 4.84 Å². The number of urea groups is 1. The van der Waals surface area contributed by atoms with Crippen molar-refractivity contribution >= 4 is 22.8 Å². The van der Waals surface area contributed by atoms with Gasteiger partial charge in [-0.2, -0.15) is 10.1 Å². The van der Waals surface area contributed by atoms with Crippen LogP contribution in [-0.2, 0) is 9.71 Å². The van der Waals surface area contributed by atoms with Crippen molar-refractivity contribution in [2.24, 2.45) is 5.10 Å². The number of carbonyl (C=O) groups is 1. The van der Waals surface area contributed by atoms with E-state index in [1.54, 1.807) is 6.92 Å². The van der Waals surface area contributed by atoms with Crippen LogP contribution in [-0.4, -0.2) is 34.4 Å². The van der Waals surface area contributed by atoms with Crippen LogP contribution in [0.1, 0.15) is 30.9 Å². The average Bonchev–Trinajstić information content (AvgIpc) is 3.13. The maximum absolute atomic E-state index is 14.4. The monoisotopic (exact) mass is 421 g/mol. The first-order valence-corrected chi connectivity index (χ1v) is 9.95. The highest BCUT2D eigenvalue weighted by Gasteiger charge is 2.48. The number of aliphatic hydroxyl groups is 1. The molecule has 29 heavy (non-hydrogen) atoms. The van der Waals surface area contributed by atoms with Gasteiger partial charge < -0.3 is 5.11 Å². The summed E-state index contributed by atoms with van der Waals surface area (Å²) in [7, 11) is 0. The Morgan fingerprint density at radius 3 is 2.72 bits per heavy atom. The molecule has 0 saturated heterocycles. The third-order valence-electron chi connectivity index (χ3n) is 4.35. The predicted molar refractivity (Wildman–Crippen MR) is 107 cm³/mol. The van der Waals surface area contributed by atoms with Gasteiger partial charge in [-0.25, -0.2) is 19.1 Å². The lowest BCUT2D eigenvalue weighted by Gasteiger charge is -2.35. The van der Waals surface area contributed by atoms with E-state index in [1.165, 1.54) is 5.01 Å². The van der Waals surface area contributed by atoms with Crippen molar-refractivity contribution in [3.05, 3.63) is 71.3 Å². The summed E-state index contributed by atoms with van der Waals surface area (Å²) in [6.45, 7) is 1.86. The van der Waals surface area contributed by atoms with Gasteiger partial charge >= 0.3 is 6.03 Å². The van der Waals surface area contributed by atoms with E-state index in [9.17, 15) is 18.7 Å². The molecule has 1 aliphatic heterocycles. The van der Waals surface area contributed by atoms with Crippen LogP contribution in [0, 0.1) is 11.6 Å². The summed E-state index contributed by atoms with van der Waals surface area (Å²) in [6.07, 6.45) is 0.705. The van der Waals surface area contributed by atoms with Gasteiger partial charge in [0, 0.05) is 12.2 Å². The Hall–Kier alpha value is -2.49. The second-order valence-electron chi connectivity index (χ2n) is 6.26. The van der Waals surface area contributed by atoms with Gasteiger partial charge in [0.1, 0.15) is 21.5 Å². The summed E-state index contributed by atoms with van der Waals surface area (Å²) in [5.41, 5.74) is 3.01. The number of hydrogen-bond donors (Lipinski definition) is 2. The minimum Gasteiger partial charge on any atom is -0.396 e. The highest BCUT2D eigenvalue weighted by atomic mass is 32.2. The van der Waals surface area contributed by atoms with E-state index in [-0.39, 0.29) is 23.8 Å². The molecule has 6 nitrogen and oxygen atoms in total. The number of halogens is 2. The van der Waals surface area contributed by atoms with Crippen molar-refractivity contribution < 1.29 is 23.5 Å². The highest BCUT2D eigenvalue weighted by Crippen LogP contribution is 2.50. The summed E-state index contributed by atoms with van der Waals surface area (Å²) >= 11 is 1.14. The summed E-state index contributed by atoms with van der Waals surface area (Å²) in [5, 5.41) is 15.1. The minimum atomic E-state index is -1.06. The van der Waals surface area contributed by atoms with Crippen LogP contribution in [0.4, 0.5) is 13.6 Å². The van der Waals surface area contributed by atoms with Crippen LogP contribution in [0.5, 0.6) is 0 Å². The van der Waals surface area contributed by atoms with Crippen molar-refractivity contribution in [1.82, 2.24) is 10.5 Å². The Labute approximate surface area is 171 Å². The minimum absolute atomic E-state index is 0.0361. The van der Waals surface area contributed by atoms with Crippen molar-refractivity contribution in [3.8, 4) is 0 Å². The van der Waals surface area contributed by atoms with E-state index in [1.807, 2.05) is 30.3 Å². The van der Waals surface area contributed by atoms with Crippen molar-refractivity contribution in [1.29, 1.82) is 0 Å². The third-order valence-corrected chi connectivity index (χ3v) is 5.80. The molecule has 0 aliphatic carbocycles. The van der Waals surface area contributed by atoms with Gasteiger partial charge in [-0.1, -0.05) is 42.1 Å². The van der Waals surface area contributed by atoms with Crippen LogP contribution in [0.15, 0.2) is 53.6 Å². The molecule has 9 heteroatoms. The van der Waals surface area contributed by atoms with E-state index in [0.29, 0.717) is 12.8 Å². The molecular formula is C20H21F2N3O3S. The van der Waals surface area contributed by atoms with Crippen LogP contribution in [0.25, 0.3) is 0 Å². The summed E-state index contributed by atoms with van der Waals surface area (Å²) < 4.78 is 28.2. The zero-order valence-corrected chi connectivity index (χ0v) is 16.6. The standard InChI is InChI=1S/C20H21F2N3O3S/c1-2-28-24-19(27)25-20(11-6-12-26,14-7-4-3-5-8-14)29-18(23-25)16-13-15(21)9-10-17(16)22/h3-5,7-10,13,26H,2,6,11-12H2,1H3,(H,24,27). The van der Waals surface area contributed by atoms with Gasteiger partial charge in [0.05, 0.1) is 6.61 Å². The molecule has 1 aliphatic rings. The fourth-order valence-electron chi connectivity index (χ4n) is 3.05. The number of hydroxylamine groups is 1. The van der Waals surface area contributed by atoms with Crippen molar-refractivity contribution in [2.45, 2.75) is 24.6 Å². The molecule has 1 atom stereocenters. The van der Waals surface area contributed by atoms with Crippen LogP contribution >= 0.6 is 11.8 Å². The van der Waals surface area contributed by atoms with E-state index in [2.05, 4.69) is 10.6 Å². The lowest BCUT2D eigenvalue weighted by Crippen LogP contribution is -2.46. The Morgan fingerprint density at radius 2 is 2.03 bits per heavy atom. The van der Waals surface area contributed by atoms with Crippen molar-refractivity contribution in [3.63, 3.8) is 0 Å². The lowest BCUT2D eigenvalue weighted by atomic mass is 10.0. The van der Waals surface area contributed by atoms with Gasteiger partial charge in [-0.15, -0.1) is 0 Å². The highest BCUT2D eigenvalue weighted by molar-refractivity contribution is 8.15. The molecule has 0 bridgehead atoms. The van der Waals surface area contributed by atoms with E-state index >= 15 is 0 Å². The predicted octanol–water partition coefficient (Wildman–Crippen LogP) is 3.96. The molecule has 0 saturated carbocycles. The first-order chi connectivity index (χ1) is 14.0. The van der Waals surface area contributed by atoms with Gasteiger partial charge in [0.2, 0.25) is 0 Å². The number of amides is 2. The number of carbonyl (C=O) groups excluding carboxylic acids is 1. The number of nitrogens with zero attached hydrogens (tertiary/aromatic N) is 2. The Bertz CT molecular complexity index is 898. The SMILES string of the molecule is CCONC(=O)N1N=C(c2cc(F)ccc2F)SC1(CCCO)c1ccccc1. The molecule has 0 spiro atoms. The quantitative estimate of drug-likeness (QED) is 0.664. The second kappa shape index (κ2) is 9.34. The largest absolute Gasteiger partial charge is 0.396 e. The average molecular weight is 421 g/mol. The Morgan fingerprint density at radius 1 is 1.28 bits per heavy atom. The number of hydrazone groups is 1.